The van der Waals surface area contributed by atoms with Gasteiger partial charge >= 0.3 is 0 Å². The number of hydrogen-bond acceptors (Lipinski definition) is 6. The highest BCUT2D eigenvalue weighted by atomic mass is 15.0. The van der Waals surface area contributed by atoms with Crippen molar-refractivity contribution in [3.63, 3.8) is 0 Å². The molecule has 0 amide bonds. The van der Waals surface area contributed by atoms with E-state index in [-0.39, 0.29) is 5.41 Å². The Morgan fingerprint density at radius 3 is 0.667 bits per heavy atom. The monoisotopic (exact) mass is 658 g/mol. The molecule has 0 bridgehead atoms. The summed E-state index contributed by atoms with van der Waals surface area (Å²) in [7, 11) is 0. The van der Waals surface area contributed by atoms with Crippen molar-refractivity contribution in [3.8, 4) is 68.3 Å². The van der Waals surface area contributed by atoms with E-state index in [2.05, 4.69) is 62.4 Å². The molecule has 0 saturated carbocycles. The van der Waals surface area contributed by atoms with E-state index in [4.69, 9.17) is 29.9 Å². The summed E-state index contributed by atoms with van der Waals surface area (Å²) < 4.78 is 0. The van der Waals surface area contributed by atoms with Crippen LogP contribution in [0, 0.1) is 0 Å². The second-order valence-corrected chi connectivity index (χ2v) is 12.9. The number of aromatic nitrogens is 6. The number of rotatable bonds is 8. The van der Waals surface area contributed by atoms with E-state index in [1.165, 1.54) is 11.1 Å². The van der Waals surface area contributed by atoms with Crippen LogP contribution < -0.4 is 0 Å². The minimum Gasteiger partial charge on any atom is -0.208 e. The van der Waals surface area contributed by atoms with E-state index in [1.54, 1.807) is 0 Å². The Labute approximate surface area is 297 Å². The minimum atomic E-state index is -0.274. The molecule has 2 aromatic heterocycles. The van der Waals surface area contributed by atoms with Crippen molar-refractivity contribution >= 4 is 0 Å². The van der Waals surface area contributed by atoms with Crippen LogP contribution in [0.15, 0.2) is 170 Å². The summed E-state index contributed by atoms with van der Waals surface area (Å²) in [5.74, 6) is 3.86. The SMILES string of the molecule is CC(C)(c1ccc(-c2nc(-c3ccccc3)nc(-c3ccccc3)n2)cc1)c1ccc(-c2nc(-c3ccccc3)nc(-c3ccccc3)n2)cc1. The Bertz CT molecular complexity index is 2110. The summed E-state index contributed by atoms with van der Waals surface area (Å²) in [5, 5.41) is 0. The molecular weight excluding hydrogens is 625 g/mol. The van der Waals surface area contributed by atoms with Gasteiger partial charge in [-0.05, 0) is 11.1 Å². The van der Waals surface area contributed by atoms with Gasteiger partial charge in [0.2, 0.25) is 0 Å². The smallest absolute Gasteiger partial charge is 0.164 e. The molecule has 0 aliphatic heterocycles. The van der Waals surface area contributed by atoms with Gasteiger partial charge in [-0.15, -0.1) is 0 Å². The summed E-state index contributed by atoms with van der Waals surface area (Å²) in [6.07, 6.45) is 0. The van der Waals surface area contributed by atoms with E-state index in [9.17, 15) is 0 Å². The van der Waals surface area contributed by atoms with Crippen molar-refractivity contribution < 1.29 is 0 Å². The Balaban J connectivity index is 1.10. The van der Waals surface area contributed by atoms with Gasteiger partial charge in [0.25, 0.3) is 0 Å². The first kappa shape index (κ1) is 31.6. The van der Waals surface area contributed by atoms with E-state index in [0.717, 1.165) is 33.4 Å². The van der Waals surface area contributed by atoms with Gasteiger partial charge in [-0.2, -0.15) is 0 Å². The first-order valence-electron chi connectivity index (χ1n) is 17.0. The maximum absolute atomic E-state index is 4.90. The number of benzene rings is 6. The van der Waals surface area contributed by atoms with Crippen molar-refractivity contribution in [1.29, 1.82) is 0 Å². The normalized spacial score (nSPS) is 11.3. The van der Waals surface area contributed by atoms with Crippen LogP contribution in [0.25, 0.3) is 68.3 Å². The molecule has 8 aromatic rings. The summed E-state index contributed by atoms with van der Waals surface area (Å²) >= 11 is 0. The van der Waals surface area contributed by atoms with Crippen LogP contribution in [0.5, 0.6) is 0 Å². The lowest BCUT2D eigenvalue weighted by molar-refractivity contribution is 0.641. The average Bonchev–Trinajstić information content (AvgIpc) is 3.22. The lowest BCUT2D eigenvalue weighted by atomic mass is 9.77. The third-order valence-corrected chi connectivity index (χ3v) is 9.13. The molecule has 6 aromatic carbocycles. The molecule has 0 aliphatic rings. The third kappa shape index (κ3) is 6.67. The number of nitrogens with zero attached hydrogens (tertiary/aromatic N) is 6. The van der Waals surface area contributed by atoms with Crippen LogP contribution in [0.3, 0.4) is 0 Å². The van der Waals surface area contributed by atoms with Crippen molar-refractivity contribution in [2.24, 2.45) is 0 Å². The fourth-order valence-electron chi connectivity index (χ4n) is 6.11. The zero-order valence-corrected chi connectivity index (χ0v) is 28.3. The molecule has 6 nitrogen and oxygen atoms in total. The first-order chi connectivity index (χ1) is 25.0. The van der Waals surface area contributed by atoms with Crippen LogP contribution in [-0.4, -0.2) is 29.9 Å². The Morgan fingerprint density at radius 2 is 0.451 bits per heavy atom. The third-order valence-electron chi connectivity index (χ3n) is 9.13. The topological polar surface area (TPSA) is 77.3 Å². The van der Waals surface area contributed by atoms with Gasteiger partial charge in [0.15, 0.2) is 34.9 Å². The van der Waals surface area contributed by atoms with Gasteiger partial charge in [0, 0.05) is 38.8 Å². The second-order valence-electron chi connectivity index (χ2n) is 12.9. The molecule has 0 N–H and O–H groups in total. The van der Waals surface area contributed by atoms with Crippen LogP contribution in [0.2, 0.25) is 0 Å². The van der Waals surface area contributed by atoms with Crippen LogP contribution in [0.1, 0.15) is 25.0 Å². The van der Waals surface area contributed by atoms with Gasteiger partial charge in [0.1, 0.15) is 0 Å². The highest BCUT2D eigenvalue weighted by Gasteiger charge is 2.24. The fraction of sp³-hybridized carbons (Fsp3) is 0.0667. The molecule has 2 heterocycles. The highest BCUT2D eigenvalue weighted by molar-refractivity contribution is 5.68. The van der Waals surface area contributed by atoms with E-state index in [0.29, 0.717) is 34.9 Å². The summed E-state index contributed by atoms with van der Waals surface area (Å²) in [4.78, 5) is 29.3. The fourth-order valence-corrected chi connectivity index (χ4v) is 6.11. The maximum Gasteiger partial charge on any atom is 0.164 e. The number of hydrogen-bond donors (Lipinski definition) is 0. The molecule has 6 heteroatoms. The molecule has 0 spiro atoms. The molecule has 0 aliphatic carbocycles. The molecular formula is C45H34N6. The lowest BCUT2D eigenvalue weighted by Crippen LogP contribution is -2.18. The van der Waals surface area contributed by atoms with Gasteiger partial charge < -0.3 is 0 Å². The quantitative estimate of drug-likeness (QED) is 0.162. The van der Waals surface area contributed by atoms with Gasteiger partial charge in [0.05, 0.1) is 0 Å². The standard InChI is InChI=1S/C45H34N6/c1-45(2,37-27-23-35(24-28-37)43-48-39(31-15-7-3-8-16-31)46-40(49-43)32-17-9-4-10-18-32)38-29-25-36(26-30-38)44-50-41(33-19-11-5-12-20-33)47-42(51-44)34-21-13-6-14-22-34/h3-30H,1-2H3. The molecule has 8 rings (SSSR count). The predicted octanol–water partition coefficient (Wildman–Crippen LogP) is 10.4. The first-order valence-corrected chi connectivity index (χ1v) is 17.0. The second kappa shape index (κ2) is 13.7. The van der Waals surface area contributed by atoms with Crippen molar-refractivity contribution in [2.45, 2.75) is 19.3 Å². The molecule has 0 fully saturated rings. The van der Waals surface area contributed by atoms with Crippen molar-refractivity contribution in [2.75, 3.05) is 0 Å². The Kier molecular flexibility index (Phi) is 8.48. The van der Waals surface area contributed by atoms with E-state index in [1.807, 2.05) is 121 Å². The molecule has 0 unspecified atom stereocenters. The highest BCUT2D eigenvalue weighted by Crippen LogP contribution is 2.34. The van der Waals surface area contributed by atoms with Crippen LogP contribution in [0.4, 0.5) is 0 Å². The molecule has 0 radical (unpaired) electrons. The van der Waals surface area contributed by atoms with Crippen molar-refractivity contribution in [3.05, 3.63) is 181 Å². The summed E-state index contributed by atoms with van der Waals surface area (Å²) in [5.41, 5.74) is 7.74. The van der Waals surface area contributed by atoms with E-state index < -0.39 is 0 Å². The van der Waals surface area contributed by atoms with Crippen molar-refractivity contribution in [1.82, 2.24) is 29.9 Å². The van der Waals surface area contributed by atoms with E-state index >= 15 is 0 Å². The van der Waals surface area contributed by atoms with Crippen LogP contribution >= 0.6 is 0 Å². The zero-order valence-electron chi connectivity index (χ0n) is 28.3. The Hall–Kier alpha value is -6.66. The largest absolute Gasteiger partial charge is 0.208 e. The Morgan fingerprint density at radius 1 is 0.255 bits per heavy atom. The van der Waals surface area contributed by atoms with Gasteiger partial charge in [-0.25, -0.2) is 29.9 Å². The predicted molar refractivity (Wildman–Crippen MR) is 204 cm³/mol. The minimum absolute atomic E-state index is 0.274. The van der Waals surface area contributed by atoms with Gasteiger partial charge in [-0.1, -0.05) is 184 Å². The molecule has 51 heavy (non-hydrogen) atoms. The molecule has 0 saturated heterocycles. The van der Waals surface area contributed by atoms with Gasteiger partial charge in [-0.3, -0.25) is 0 Å². The maximum atomic E-state index is 4.90. The average molecular weight is 659 g/mol. The summed E-state index contributed by atoms with van der Waals surface area (Å²) in [6, 6.07) is 57.2. The lowest BCUT2D eigenvalue weighted by Gasteiger charge is -2.26. The molecule has 0 atom stereocenters. The summed E-state index contributed by atoms with van der Waals surface area (Å²) in [6.45, 7) is 4.48. The van der Waals surface area contributed by atoms with Crippen LogP contribution in [-0.2, 0) is 5.41 Å². The zero-order chi connectivity index (χ0) is 34.6. The molecule has 244 valence electrons.